The molecule has 0 spiro atoms. The van der Waals surface area contributed by atoms with E-state index in [-0.39, 0.29) is 11.0 Å². The summed E-state index contributed by atoms with van der Waals surface area (Å²) in [6.45, 7) is 4.29. The number of rotatable bonds is 6. The number of carbonyl (C=O) groups is 1. The van der Waals surface area contributed by atoms with Gasteiger partial charge in [0.25, 0.3) is 0 Å². The molecule has 0 unspecified atom stereocenters. The smallest absolute Gasteiger partial charge is 0.250 e. The third kappa shape index (κ3) is 6.31. The van der Waals surface area contributed by atoms with Gasteiger partial charge in [0, 0.05) is 23.2 Å². The van der Waals surface area contributed by atoms with Crippen LogP contribution in [0.4, 0.5) is 5.69 Å². The first-order chi connectivity index (χ1) is 16.4. The molecule has 4 rings (SSSR count). The van der Waals surface area contributed by atoms with Crippen molar-refractivity contribution in [1.29, 1.82) is 0 Å². The fraction of sp³-hybridized carbons (Fsp3) is 0.148. The van der Waals surface area contributed by atoms with Crippen molar-refractivity contribution in [2.75, 3.05) is 5.32 Å². The Morgan fingerprint density at radius 1 is 1.09 bits per heavy atom. The lowest BCUT2D eigenvalue weighted by atomic mass is 10.0. The number of aromatic nitrogens is 1. The second-order valence-corrected chi connectivity index (χ2v) is 9.04. The molecule has 0 saturated heterocycles. The maximum absolute atomic E-state index is 12.2. The zero-order valence-electron chi connectivity index (χ0n) is 18.8. The lowest BCUT2D eigenvalue weighted by Crippen LogP contribution is -2.32. The fourth-order valence-electron chi connectivity index (χ4n) is 3.38. The van der Waals surface area contributed by atoms with Crippen molar-refractivity contribution in [3.8, 4) is 0 Å². The van der Waals surface area contributed by atoms with Gasteiger partial charge in [-0.05, 0) is 71.2 Å². The number of hydrogen-bond donors (Lipinski definition) is 2. The van der Waals surface area contributed by atoms with Crippen molar-refractivity contribution in [3.63, 3.8) is 0 Å². The number of carbonyl (C=O) groups excluding carboxylic acids is 1. The Labute approximate surface area is 208 Å². The highest BCUT2D eigenvalue weighted by molar-refractivity contribution is 7.80. The summed E-state index contributed by atoms with van der Waals surface area (Å²) in [5, 5.41) is 6.54. The molecule has 4 aromatic rings. The van der Waals surface area contributed by atoms with Crippen LogP contribution >= 0.6 is 23.8 Å². The second-order valence-electron chi connectivity index (χ2n) is 8.19. The zero-order valence-corrected chi connectivity index (χ0v) is 20.4. The van der Waals surface area contributed by atoms with Crippen LogP contribution in [0.1, 0.15) is 42.3 Å². The van der Waals surface area contributed by atoms with E-state index >= 15 is 0 Å². The van der Waals surface area contributed by atoms with Gasteiger partial charge >= 0.3 is 0 Å². The van der Waals surface area contributed by atoms with Crippen LogP contribution in [-0.4, -0.2) is 16.0 Å². The van der Waals surface area contributed by atoms with Crippen molar-refractivity contribution >= 4 is 57.7 Å². The number of hydrogen-bond acceptors (Lipinski definition) is 4. The minimum absolute atomic E-state index is 0.230. The Bertz CT molecular complexity index is 1340. The van der Waals surface area contributed by atoms with Gasteiger partial charge in [-0.2, -0.15) is 0 Å². The molecule has 2 N–H and O–H groups in total. The highest BCUT2D eigenvalue weighted by Crippen LogP contribution is 2.22. The molecule has 0 fully saturated rings. The predicted octanol–water partition coefficient (Wildman–Crippen LogP) is 6.72. The Kier molecular flexibility index (Phi) is 7.40. The summed E-state index contributed by atoms with van der Waals surface area (Å²) in [4.78, 5) is 16.7. The van der Waals surface area contributed by atoms with Crippen molar-refractivity contribution in [1.82, 2.24) is 10.3 Å². The first kappa shape index (κ1) is 23.7. The third-order valence-corrected chi connectivity index (χ3v) is 5.67. The SMILES string of the molecule is CC(C)c1ccc(/C=C/C(=O)NC(=S)Nc2ccc(Cc3nc4cc(Cl)ccc4o3)cc2)cc1. The van der Waals surface area contributed by atoms with Crippen LogP contribution in [0.25, 0.3) is 17.2 Å². The third-order valence-electron chi connectivity index (χ3n) is 5.23. The summed E-state index contributed by atoms with van der Waals surface area (Å²) in [6, 6.07) is 21.2. The molecule has 0 aliphatic rings. The van der Waals surface area contributed by atoms with Crippen molar-refractivity contribution in [3.05, 3.63) is 100 Å². The first-order valence-electron chi connectivity index (χ1n) is 10.9. The predicted molar refractivity (Wildman–Crippen MR) is 142 cm³/mol. The summed E-state index contributed by atoms with van der Waals surface area (Å²) in [5.41, 5.74) is 5.47. The van der Waals surface area contributed by atoms with Gasteiger partial charge in [-0.3, -0.25) is 10.1 Å². The molecule has 0 aliphatic carbocycles. The van der Waals surface area contributed by atoms with Gasteiger partial charge in [0.05, 0.1) is 0 Å². The molecular formula is C27H24ClN3O2S. The lowest BCUT2D eigenvalue weighted by molar-refractivity contribution is -0.115. The fourth-order valence-corrected chi connectivity index (χ4v) is 3.77. The topological polar surface area (TPSA) is 67.2 Å². The van der Waals surface area contributed by atoms with E-state index in [2.05, 4.69) is 41.6 Å². The lowest BCUT2D eigenvalue weighted by Gasteiger charge is -2.09. The maximum Gasteiger partial charge on any atom is 0.250 e. The summed E-state index contributed by atoms with van der Waals surface area (Å²) >= 11 is 11.3. The highest BCUT2D eigenvalue weighted by Gasteiger charge is 2.08. The molecule has 0 aliphatic heterocycles. The Balaban J connectivity index is 1.29. The minimum Gasteiger partial charge on any atom is -0.440 e. The Morgan fingerprint density at radius 2 is 1.82 bits per heavy atom. The van der Waals surface area contributed by atoms with Crippen LogP contribution in [0.5, 0.6) is 0 Å². The van der Waals surface area contributed by atoms with Gasteiger partial charge in [0.2, 0.25) is 5.91 Å². The van der Waals surface area contributed by atoms with Crippen LogP contribution < -0.4 is 10.6 Å². The second kappa shape index (κ2) is 10.6. The van der Waals surface area contributed by atoms with Crippen LogP contribution in [0.2, 0.25) is 5.02 Å². The Hall–Kier alpha value is -3.48. The Morgan fingerprint density at radius 3 is 2.53 bits per heavy atom. The number of thiocarbonyl (C=S) groups is 1. The first-order valence-corrected chi connectivity index (χ1v) is 11.7. The number of amides is 1. The maximum atomic E-state index is 12.2. The average molecular weight is 490 g/mol. The molecule has 1 amide bonds. The quantitative estimate of drug-likeness (QED) is 0.232. The molecule has 34 heavy (non-hydrogen) atoms. The van der Waals surface area contributed by atoms with Crippen LogP contribution in [-0.2, 0) is 11.2 Å². The van der Waals surface area contributed by atoms with Gasteiger partial charge in [-0.1, -0.05) is 61.8 Å². The standard InChI is InChI=1S/C27H24ClN3O2S/c1-17(2)20-8-3-18(4-9-20)7-14-25(32)31-27(34)29-22-11-5-19(6-12-22)15-26-30-23-16-21(28)10-13-24(23)33-26/h3-14,16-17H,15H2,1-2H3,(H2,29,31,32,34)/b14-7+. The van der Waals surface area contributed by atoms with Gasteiger partial charge in [0.15, 0.2) is 16.6 Å². The van der Waals surface area contributed by atoms with E-state index in [1.165, 1.54) is 11.6 Å². The number of nitrogens with zero attached hydrogens (tertiary/aromatic N) is 1. The summed E-state index contributed by atoms with van der Waals surface area (Å²) in [7, 11) is 0. The molecule has 1 heterocycles. The van der Waals surface area contributed by atoms with E-state index in [9.17, 15) is 4.79 Å². The summed E-state index contributed by atoms with van der Waals surface area (Å²) in [5.74, 6) is 0.796. The van der Waals surface area contributed by atoms with Gasteiger partial charge in [0.1, 0.15) is 5.52 Å². The van der Waals surface area contributed by atoms with Gasteiger partial charge in [-0.25, -0.2) is 4.98 Å². The number of benzene rings is 3. The van der Waals surface area contributed by atoms with Crippen LogP contribution in [0.3, 0.4) is 0 Å². The number of fused-ring (bicyclic) bond motifs is 1. The van der Waals surface area contributed by atoms with Gasteiger partial charge in [-0.15, -0.1) is 0 Å². The molecular weight excluding hydrogens is 466 g/mol. The molecule has 0 atom stereocenters. The van der Waals surface area contributed by atoms with E-state index in [1.807, 2.05) is 42.5 Å². The van der Waals surface area contributed by atoms with E-state index < -0.39 is 0 Å². The van der Waals surface area contributed by atoms with E-state index in [0.29, 0.717) is 28.8 Å². The molecule has 5 nitrogen and oxygen atoms in total. The minimum atomic E-state index is -0.293. The average Bonchev–Trinajstić information content (AvgIpc) is 3.20. The highest BCUT2D eigenvalue weighted by atomic mass is 35.5. The van der Waals surface area contributed by atoms with Crippen LogP contribution in [0, 0.1) is 0 Å². The number of nitrogens with one attached hydrogen (secondary N) is 2. The van der Waals surface area contributed by atoms with E-state index in [4.69, 9.17) is 28.2 Å². The zero-order chi connectivity index (χ0) is 24.1. The normalized spacial score (nSPS) is 11.3. The summed E-state index contributed by atoms with van der Waals surface area (Å²) < 4.78 is 5.78. The molecule has 0 radical (unpaired) electrons. The molecule has 3 aromatic carbocycles. The molecule has 1 aromatic heterocycles. The van der Waals surface area contributed by atoms with Crippen molar-refractivity contribution in [2.45, 2.75) is 26.2 Å². The van der Waals surface area contributed by atoms with Crippen molar-refractivity contribution < 1.29 is 9.21 Å². The number of anilines is 1. The van der Waals surface area contributed by atoms with E-state index in [0.717, 1.165) is 22.3 Å². The molecule has 172 valence electrons. The summed E-state index contributed by atoms with van der Waals surface area (Å²) in [6.07, 6.45) is 3.78. The monoisotopic (exact) mass is 489 g/mol. The molecule has 0 saturated carbocycles. The largest absolute Gasteiger partial charge is 0.440 e. The number of oxazole rings is 1. The van der Waals surface area contributed by atoms with Crippen LogP contribution in [0.15, 0.2) is 77.2 Å². The van der Waals surface area contributed by atoms with Gasteiger partial charge < -0.3 is 9.73 Å². The molecule has 7 heteroatoms. The number of halogens is 1. The van der Waals surface area contributed by atoms with E-state index in [1.54, 1.807) is 18.2 Å². The molecule has 0 bridgehead atoms. The van der Waals surface area contributed by atoms with Crippen molar-refractivity contribution in [2.24, 2.45) is 0 Å².